The number of carboxylic acids is 1. The molecule has 8 heteroatoms. The minimum atomic E-state index is -1.01. The van der Waals surface area contributed by atoms with Crippen molar-refractivity contribution in [1.29, 1.82) is 0 Å². The maximum Gasteiger partial charge on any atom is 0.323 e. The topological polar surface area (TPSA) is 103 Å². The molecule has 0 fully saturated rings. The summed E-state index contributed by atoms with van der Waals surface area (Å²) in [4.78, 5) is 43.7. The van der Waals surface area contributed by atoms with Crippen LogP contribution in [-0.2, 0) is 15.3 Å². The van der Waals surface area contributed by atoms with E-state index in [1.165, 1.54) is 16.7 Å². The van der Waals surface area contributed by atoms with Crippen molar-refractivity contribution in [2.45, 2.75) is 26.0 Å². The molecule has 2 rings (SSSR count). The summed E-state index contributed by atoms with van der Waals surface area (Å²) in [6.45, 7) is 4.04. The first-order valence-electron chi connectivity index (χ1n) is 8.42. The third-order valence-corrected chi connectivity index (χ3v) is 4.60. The zero-order valence-corrected chi connectivity index (χ0v) is 15.7. The number of carbonyl (C=O) groups excluding carboxylic acids is 1. The zero-order chi connectivity index (χ0) is 19.1. The maximum absolute atomic E-state index is 12.2. The zero-order valence-electron chi connectivity index (χ0n) is 14.9. The summed E-state index contributed by atoms with van der Waals surface area (Å²) < 4.78 is 0. The summed E-state index contributed by atoms with van der Waals surface area (Å²) >= 11 is 1.48. The fourth-order valence-corrected chi connectivity index (χ4v) is 3.34. The minimum Gasteiger partial charge on any atom is -0.480 e. The predicted octanol–water partition coefficient (Wildman–Crippen LogP) is 2.12. The number of thioether (sulfide) groups is 1. The van der Waals surface area contributed by atoms with E-state index in [0.29, 0.717) is 34.8 Å². The van der Waals surface area contributed by atoms with Crippen molar-refractivity contribution < 1.29 is 14.7 Å². The molecular formula is C18H23N3O4S. The Morgan fingerprint density at radius 2 is 2.04 bits per heavy atom. The molecule has 0 aliphatic carbocycles. The Morgan fingerprint density at radius 3 is 2.73 bits per heavy atom. The molecule has 2 aromatic rings. The lowest BCUT2D eigenvalue weighted by Crippen LogP contribution is -2.38. The lowest BCUT2D eigenvalue weighted by atomic mass is 10.2. The van der Waals surface area contributed by atoms with Gasteiger partial charge in [0.05, 0.1) is 16.7 Å². The highest BCUT2D eigenvalue weighted by Gasteiger charge is 2.17. The van der Waals surface area contributed by atoms with Gasteiger partial charge in [-0.3, -0.25) is 14.4 Å². The van der Waals surface area contributed by atoms with Gasteiger partial charge in [0, 0.05) is 18.7 Å². The highest BCUT2D eigenvalue weighted by molar-refractivity contribution is 7.98. The Labute approximate surface area is 155 Å². The Morgan fingerprint density at radius 1 is 1.31 bits per heavy atom. The number of para-hydroxylation sites is 1. The second-order valence-corrected chi connectivity index (χ2v) is 7.50. The molecule has 0 aliphatic rings. The molecule has 26 heavy (non-hydrogen) atoms. The van der Waals surface area contributed by atoms with Crippen LogP contribution in [-0.4, -0.2) is 50.7 Å². The van der Waals surface area contributed by atoms with Gasteiger partial charge < -0.3 is 15.0 Å². The number of amides is 1. The number of hydrogen-bond donors (Lipinski definition) is 2. The average Bonchev–Trinajstić information content (AvgIpc) is 2.57. The average molecular weight is 377 g/mol. The van der Waals surface area contributed by atoms with Gasteiger partial charge in [0.15, 0.2) is 0 Å². The van der Waals surface area contributed by atoms with Crippen molar-refractivity contribution >= 4 is 34.5 Å². The molecule has 0 aliphatic heterocycles. The van der Waals surface area contributed by atoms with E-state index in [9.17, 15) is 14.4 Å². The summed E-state index contributed by atoms with van der Waals surface area (Å²) in [7, 11) is 0. The molecule has 0 bridgehead atoms. The van der Waals surface area contributed by atoms with Gasteiger partial charge in [-0.1, -0.05) is 26.0 Å². The van der Waals surface area contributed by atoms with Crippen LogP contribution in [0, 0.1) is 5.92 Å². The second-order valence-electron chi connectivity index (χ2n) is 6.39. The van der Waals surface area contributed by atoms with Crippen molar-refractivity contribution in [1.82, 2.24) is 14.9 Å². The first-order valence-corrected chi connectivity index (χ1v) is 9.57. The molecular weight excluding hydrogens is 354 g/mol. The number of aliphatic carboxylic acids is 1. The Bertz CT molecular complexity index is 835. The van der Waals surface area contributed by atoms with Crippen molar-refractivity contribution in [3.8, 4) is 0 Å². The number of nitrogens with one attached hydrogen (secondary N) is 1. The van der Waals surface area contributed by atoms with Crippen molar-refractivity contribution in [3.63, 3.8) is 0 Å². The number of hydrogen-bond acceptors (Lipinski definition) is 5. The first kappa shape index (κ1) is 20.0. The summed E-state index contributed by atoms with van der Waals surface area (Å²) in [5.41, 5.74) is 0.472. The Kier molecular flexibility index (Phi) is 7.20. The SMILES string of the molecule is CC(C)CN(CC(=O)O)C(=O)CCSCc1nc2ccccc2c(=O)[nH]1. The Balaban J connectivity index is 1.88. The largest absolute Gasteiger partial charge is 0.480 e. The number of carboxylic acid groups (broad SMARTS) is 1. The second kappa shape index (κ2) is 9.38. The molecule has 1 aromatic heterocycles. The molecule has 0 atom stereocenters. The van der Waals surface area contributed by atoms with Gasteiger partial charge in [-0.2, -0.15) is 11.8 Å². The minimum absolute atomic E-state index is 0.173. The first-order chi connectivity index (χ1) is 12.4. The maximum atomic E-state index is 12.2. The van der Waals surface area contributed by atoms with Crippen LogP contribution in [0.2, 0.25) is 0 Å². The molecule has 2 N–H and O–H groups in total. The lowest BCUT2D eigenvalue weighted by molar-refractivity contribution is -0.144. The molecule has 0 saturated heterocycles. The molecule has 1 amide bonds. The van der Waals surface area contributed by atoms with E-state index in [1.807, 2.05) is 19.9 Å². The standard InChI is InChI=1S/C18H23N3O4S/c1-12(2)9-21(10-17(23)24)16(22)7-8-26-11-15-19-14-6-4-3-5-13(14)18(25)20-15/h3-6,12H,7-11H2,1-2H3,(H,23,24)(H,19,20,25). The number of rotatable bonds is 9. The highest BCUT2D eigenvalue weighted by Crippen LogP contribution is 2.13. The van der Waals surface area contributed by atoms with E-state index >= 15 is 0 Å². The highest BCUT2D eigenvalue weighted by atomic mass is 32.2. The van der Waals surface area contributed by atoms with Gasteiger partial charge in [0.25, 0.3) is 5.56 Å². The molecule has 1 aromatic carbocycles. The van der Waals surface area contributed by atoms with Crippen LogP contribution >= 0.6 is 11.8 Å². The summed E-state index contributed by atoms with van der Waals surface area (Å²) in [6.07, 6.45) is 0.252. The molecule has 1 heterocycles. The van der Waals surface area contributed by atoms with Crippen molar-refractivity contribution in [3.05, 3.63) is 40.4 Å². The lowest BCUT2D eigenvalue weighted by Gasteiger charge is -2.22. The third kappa shape index (κ3) is 5.87. The number of aromatic nitrogens is 2. The van der Waals surface area contributed by atoms with E-state index in [-0.39, 0.29) is 30.3 Å². The summed E-state index contributed by atoms with van der Waals surface area (Å²) in [5, 5.41) is 9.49. The van der Waals surface area contributed by atoms with Crippen LogP contribution in [0.5, 0.6) is 0 Å². The predicted molar refractivity (Wildman–Crippen MR) is 102 cm³/mol. The number of aromatic amines is 1. The number of carbonyl (C=O) groups is 2. The van der Waals surface area contributed by atoms with Crippen LogP contribution in [0.1, 0.15) is 26.1 Å². The monoisotopic (exact) mass is 377 g/mol. The van der Waals surface area contributed by atoms with E-state index in [4.69, 9.17) is 5.11 Å². The number of H-pyrrole nitrogens is 1. The van der Waals surface area contributed by atoms with Crippen LogP contribution in [0.25, 0.3) is 10.9 Å². The summed E-state index contributed by atoms with van der Waals surface area (Å²) in [6, 6.07) is 7.13. The fourth-order valence-electron chi connectivity index (χ4n) is 2.55. The molecule has 140 valence electrons. The molecule has 0 radical (unpaired) electrons. The van der Waals surface area contributed by atoms with Gasteiger partial charge in [0.1, 0.15) is 12.4 Å². The van der Waals surface area contributed by atoms with Crippen molar-refractivity contribution in [2.24, 2.45) is 5.92 Å². The van der Waals surface area contributed by atoms with Gasteiger partial charge in [-0.05, 0) is 18.1 Å². The van der Waals surface area contributed by atoms with E-state index in [0.717, 1.165) is 0 Å². The molecule has 0 unspecified atom stereocenters. The van der Waals surface area contributed by atoms with Gasteiger partial charge in [-0.25, -0.2) is 4.98 Å². The molecule has 0 spiro atoms. The van der Waals surface area contributed by atoms with Crippen LogP contribution in [0.4, 0.5) is 0 Å². The number of nitrogens with zero attached hydrogens (tertiary/aromatic N) is 2. The van der Waals surface area contributed by atoms with E-state index in [2.05, 4.69) is 9.97 Å². The van der Waals surface area contributed by atoms with E-state index < -0.39 is 5.97 Å². The van der Waals surface area contributed by atoms with Crippen LogP contribution < -0.4 is 5.56 Å². The van der Waals surface area contributed by atoms with E-state index in [1.54, 1.807) is 18.2 Å². The van der Waals surface area contributed by atoms with Crippen LogP contribution in [0.3, 0.4) is 0 Å². The smallest absolute Gasteiger partial charge is 0.323 e. The fraction of sp³-hybridized carbons (Fsp3) is 0.444. The van der Waals surface area contributed by atoms with Gasteiger partial charge >= 0.3 is 5.97 Å². The van der Waals surface area contributed by atoms with Gasteiger partial charge in [-0.15, -0.1) is 0 Å². The quantitative estimate of drug-likeness (QED) is 0.649. The van der Waals surface area contributed by atoms with Gasteiger partial charge in [0.2, 0.25) is 5.91 Å². The number of benzene rings is 1. The Hall–Kier alpha value is -2.35. The third-order valence-electron chi connectivity index (χ3n) is 3.63. The van der Waals surface area contributed by atoms with Crippen molar-refractivity contribution in [2.75, 3.05) is 18.8 Å². The number of fused-ring (bicyclic) bond motifs is 1. The normalized spacial score (nSPS) is 11.0. The molecule has 7 nitrogen and oxygen atoms in total. The molecule has 0 saturated carbocycles. The van der Waals surface area contributed by atoms with Crippen LogP contribution in [0.15, 0.2) is 29.1 Å². The summed E-state index contributed by atoms with van der Waals surface area (Å²) in [5.74, 6) is 0.603.